The molecular formula is C16H22N4O2. The maximum absolute atomic E-state index is 12.2. The normalized spacial score (nSPS) is 20.9. The molecule has 22 heavy (non-hydrogen) atoms. The Hall–Kier alpha value is -1.95. The first-order valence-electron chi connectivity index (χ1n) is 7.79. The summed E-state index contributed by atoms with van der Waals surface area (Å²) in [6.07, 6.45) is 4.29. The molecule has 2 aromatic rings. The van der Waals surface area contributed by atoms with E-state index >= 15 is 0 Å². The molecule has 0 bridgehead atoms. The third-order valence-corrected chi connectivity index (χ3v) is 4.42. The van der Waals surface area contributed by atoms with E-state index in [4.69, 9.17) is 4.74 Å². The van der Waals surface area contributed by atoms with E-state index in [1.54, 1.807) is 0 Å². The van der Waals surface area contributed by atoms with Gasteiger partial charge >= 0.3 is 0 Å². The first-order chi connectivity index (χ1) is 10.6. The van der Waals surface area contributed by atoms with Gasteiger partial charge in [0.2, 0.25) is 5.91 Å². The van der Waals surface area contributed by atoms with Crippen LogP contribution in [0.5, 0.6) is 0 Å². The van der Waals surface area contributed by atoms with Gasteiger partial charge in [-0.2, -0.15) is 0 Å². The quantitative estimate of drug-likeness (QED) is 0.890. The molecule has 2 heterocycles. The van der Waals surface area contributed by atoms with Gasteiger partial charge in [0.15, 0.2) is 0 Å². The minimum absolute atomic E-state index is 0.0122. The Bertz CT molecular complexity index is 689. The Morgan fingerprint density at radius 3 is 2.91 bits per heavy atom. The number of aryl methyl sites for hydroxylation is 2. The number of aromatic nitrogens is 3. The van der Waals surface area contributed by atoms with Gasteiger partial charge in [-0.25, -0.2) is 9.97 Å². The van der Waals surface area contributed by atoms with Gasteiger partial charge in [0, 0.05) is 18.7 Å². The van der Waals surface area contributed by atoms with Crippen LogP contribution in [-0.4, -0.2) is 33.6 Å². The number of rotatable bonds is 5. The van der Waals surface area contributed by atoms with E-state index in [2.05, 4.69) is 20.3 Å². The highest BCUT2D eigenvalue weighted by molar-refractivity contribution is 6.00. The molecule has 2 N–H and O–H groups in total. The summed E-state index contributed by atoms with van der Waals surface area (Å²) in [5.41, 5.74) is 2.89. The van der Waals surface area contributed by atoms with E-state index in [0.717, 1.165) is 41.7 Å². The number of hydrogen-bond acceptors (Lipinski definition) is 4. The third-order valence-electron chi connectivity index (χ3n) is 4.42. The zero-order valence-electron chi connectivity index (χ0n) is 13.3. The number of carbonyl (C=O) groups excluding carboxylic acids is 1. The number of amides is 1. The second-order valence-electron chi connectivity index (χ2n) is 5.99. The Kier molecular flexibility index (Phi) is 4.11. The molecule has 118 valence electrons. The molecule has 0 spiro atoms. The first-order valence-corrected chi connectivity index (χ1v) is 7.79. The minimum atomic E-state index is 0.0122. The summed E-state index contributed by atoms with van der Waals surface area (Å²) >= 11 is 0. The number of anilines is 1. The smallest absolute Gasteiger partial charge is 0.225 e. The summed E-state index contributed by atoms with van der Waals surface area (Å²) < 4.78 is 5.53. The molecule has 0 unspecified atom stereocenters. The topological polar surface area (TPSA) is 79.9 Å². The second-order valence-corrected chi connectivity index (χ2v) is 5.99. The van der Waals surface area contributed by atoms with Gasteiger partial charge in [-0.05, 0) is 45.1 Å². The van der Waals surface area contributed by atoms with E-state index in [-0.39, 0.29) is 5.91 Å². The van der Waals surface area contributed by atoms with Gasteiger partial charge in [0.05, 0.1) is 11.5 Å². The number of nitrogens with one attached hydrogen (secondary N) is 2. The van der Waals surface area contributed by atoms with Gasteiger partial charge in [0.1, 0.15) is 17.8 Å². The summed E-state index contributed by atoms with van der Waals surface area (Å²) in [5.74, 6) is 1.03. The van der Waals surface area contributed by atoms with Crippen molar-refractivity contribution in [2.45, 2.75) is 46.1 Å². The number of carbonyl (C=O) groups is 1. The zero-order chi connectivity index (χ0) is 15.7. The highest BCUT2D eigenvalue weighted by Crippen LogP contribution is 2.33. The third kappa shape index (κ3) is 2.83. The molecule has 0 aliphatic heterocycles. The lowest BCUT2D eigenvalue weighted by Gasteiger charge is -2.34. The fourth-order valence-electron chi connectivity index (χ4n) is 3.05. The predicted molar refractivity (Wildman–Crippen MR) is 84.7 cm³/mol. The highest BCUT2D eigenvalue weighted by Gasteiger charge is 2.31. The van der Waals surface area contributed by atoms with Crippen molar-refractivity contribution in [1.29, 1.82) is 0 Å². The van der Waals surface area contributed by atoms with Gasteiger partial charge in [0.25, 0.3) is 0 Å². The summed E-state index contributed by atoms with van der Waals surface area (Å²) in [7, 11) is 0. The molecule has 1 amide bonds. The lowest BCUT2D eigenvalue weighted by Crippen LogP contribution is -2.34. The van der Waals surface area contributed by atoms with Crippen LogP contribution in [0, 0.1) is 19.8 Å². The number of ether oxygens (including phenoxy) is 1. The fourth-order valence-corrected chi connectivity index (χ4v) is 3.05. The number of nitrogens with zero attached hydrogens (tertiary/aromatic N) is 2. The Labute approximate surface area is 129 Å². The van der Waals surface area contributed by atoms with E-state index in [1.165, 1.54) is 6.33 Å². The van der Waals surface area contributed by atoms with E-state index in [1.807, 2.05) is 20.8 Å². The van der Waals surface area contributed by atoms with Crippen LogP contribution in [0.25, 0.3) is 11.0 Å². The molecule has 0 atom stereocenters. The highest BCUT2D eigenvalue weighted by atomic mass is 16.5. The maximum atomic E-state index is 12.2. The van der Waals surface area contributed by atoms with Gasteiger partial charge in [-0.1, -0.05) is 0 Å². The van der Waals surface area contributed by atoms with E-state index in [0.29, 0.717) is 24.3 Å². The van der Waals surface area contributed by atoms with Crippen molar-refractivity contribution in [2.24, 2.45) is 5.92 Å². The van der Waals surface area contributed by atoms with Gasteiger partial charge < -0.3 is 15.0 Å². The SMILES string of the molecule is CCOC1CC(CC(=O)Nc2ncnc3[nH]c(C)c(C)c23)C1. The summed E-state index contributed by atoms with van der Waals surface area (Å²) in [4.78, 5) is 23.9. The average Bonchev–Trinajstić information content (AvgIpc) is 2.73. The van der Waals surface area contributed by atoms with Crippen LogP contribution in [-0.2, 0) is 9.53 Å². The zero-order valence-corrected chi connectivity index (χ0v) is 13.3. The van der Waals surface area contributed by atoms with Crippen LogP contribution < -0.4 is 5.32 Å². The Morgan fingerprint density at radius 2 is 2.18 bits per heavy atom. The lowest BCUT2D eigenvalue weighted by molar-refractivity contribution is -0.119. The maximum Gasteiger partial charge on any atom is 0.225 e. The van der Waals surface area contributed by atoms with Crippen LogP contribution in [0.1, 0.15) is 37.4 Å². The first kappa shape index (κ1) is 15.0. The minimum Gasteiger partial charge on any atom is -0.378 e. The lowest BCUT2D eigenvalue weighted by atomic mass is 9.80. The summed E-state index contributed by atoms with van der Waals surface area (Å²) in [6, 6.07) is 0. The molecule has 3 rings (SSSR count). The van der Waals surface area contributed by atoms with Crippen molar-refractivity contribution in [1.82, 2.24) is 15.0 Å². The van der Waals surface area contributed by atoms with E-state index in [9.17, 15) is 4.79 Å². The van der Waals surface area contributed by atoms with Crippen LogP contribution >= 0.6 is 0 Å². The largest absolute Gasteiger partial charge is 0.378 e. The molecule has 6 heteroatoms. The summed E-state index contributed by atoms with van der Waals surface area (Å²) in [5, 5.41) is 3.83. The van der Waals surface area contributed by atoms with Crippen LogP contribution in [0.4, 0.5) is 5.82 Å². The molecular weight excluding hydrogens is 280 g/mol. The van der Waals surface area contributed by atoms with Crippen molar-refractivity contribution < 1.29 is 9.53 Å². The molecule has 2 aromatic heterocycles. The molecule has 1 saturated carbocycles. The number of H-pyrrole nitrogens is 1. The van der Waals surface area contributed by atoms with Gasteiger partial charge in [-0.3, -0.25) is 4.79 Å². The average molecular weight is 302 g/mol. The fraction of sp³-hybridized carbons (Fsp3) is 0.562. The van der Waals surface area contributed by atoms with Crippen LogP contribution in [0.3, 0.4) is 0 Å². The molecule has 0 aromatic carbocycles. The van der Waals surface area contributed by atoms with Crippen molar-refractivity contribution in [3.8, 4) is 0 Å². The van der Waals surface area contributed by atoms with Crippen molar-refractivity contribution in [3.63, 3.8) is 0 Å². The molecule has 0 radical (unpaired) electrons. The monoisotopic (exact) mass is 302 g/mol. The number of aromatic amines is 1. The molecule has 6 nitrogen and oxygen atoms in total. The predicted octanol–water partition coefficient (Wildman–Crippen LogP) is 2.72. The standard InChI is InChI=1S/C16H22N4O2/c1-4-22-12-5-11(6-12)7-13(21)20-16-14-9(2)10(3)19-15(14)17-8-18-16/h8,11-12H,4-7H2,1-3H3,(H2,17,18,19,20,21). The van der Waals surface area contributed by atoms with Crippen LogP contribution in [0.2, 0.25) is 0 Å². The van der Waals surface area contributed by atoms with Crippen molar-refractivity contribution >= 4 is 22.8 Å². The second kappa shape index (κ2) is 6.04. The van der Waals surface area contributed by atoms with Crippen molar-refractivity contribution in [2.75, 3.05) is 11.9 Å². The number of fused-ring (bicyclic) bond motifs is 1. The molecule has 1 aliphatic carbocycles. The van der Waals surface area contributed by atoms with Crippen LogP contribution in [0.15, 0.2) is 6.33 Å². The number of hydrogen-bond donors (Lipinski definition) is 2. The molecule has 0 saturated heterocycles. The van der Waals surface area contributed by atoms with E-state index < -0.39 is 0 Å². The molecule has 1 fully saturated rings. The Morgan fingerprint density at radius 1 is 1.41 bits per heavy atom. The molecule has 1 aliphatic rings. The van der Waals surface area contributed by atoms with Gasteiger partial charge in [-0.15, -0.1) is 0 Å². The Balaban J connectivity index is 1.65. The van der Waals surface area contributed by atoms with Crippen molar-refractivity contribution in [3.05, 3.63) is 17.6 Å². The summed E-state index contributed by atoms with van der Waals surface area (Å²) in [6.45, 7) is 6.74.